The van der Waals surface area contributed by atoms with Gasteiger partial charge in [0.1, 0.15) is 0 Å². The Morgan fingerprint density at radius 2 is 2.05 bits per heavy atom. The van der Waals surface area contributed by atoms with Crippen LogP contribution in [0.25, 0.3) is 11.3 Å². The van der Waals surface area contributed by atoms with E-state index < -0.39 is 11.9 Å². The molecule has 0 saturated carbocycles. The molecule has 0 aliphatic rings. The predicted molar refractivity (Wildman–Crippen MR) is 76.1 cm³/mol. The molecule has 2 heterocycles. The fourth-order valence-electron chi connectivity index (χ4n) is 1.86. The van der Waals surface area contributed by atoms with E-state index in [-0.39, 0.29) is 11.6 Å². The minimum absolute atomic E-state index is 0.0680. The van der Waals surface area contributed by atoms with Crippen molar-refractivity contribution in [2.75, 3.05) is 18.4 Å². The van der Waals surface area contributed by atoms with E-state index in [0.717, 1.165) is 11.8 Å². The van der Waals surface area contributed by atoms with Crippen LogP contribution in [0.1, 0.15) is 17.8 Å². The van der Waals surface area contributed by atoms with Gasteiger partial charge in [0.25, 0.3) is 0 Å². The lowest BCUT2D eigenvalue weighted by Gasteiger charge is -2.11. The first kappa shape index (κ1) is 16.2. The van der Waals surface area contributed by atoms with E-state index in [9.17, 15) is 13.2 Å². The maximum Gasteiger partial charge on any atom is 0.433 e. The SMILES string of the molecule is Cc1c(-c2cc(C(F)(F)F)nc(NCCCN)n2)cnn1C. The molecular weight excluding hydrogens is 297 g/mol. The minimum atomic E-state index is -4.54. The monoisotopic (exact) mass is 314 g/mol. The van der Waals surface area contributed by atoms with E-state index in [1.54, 1.807) is 18.7 Å². The molecule has 9 heteroatoms. The van der Waals surface area contributed by atoms with Gasteiger partial charge in [-0.2, -0.15) is 18.3 Å². The summed E-state index contributed by atoms with van der Waals surface area (Å²) < 4.78 is 40.6. The van der Waals surface area contributed by atoms with Crippen LogP contribution in [0.2, 0.25) is 0 Å². The van der Waals surface area contributed by atoms with Crippen LogP contribution in [0, 0.1) is 6.92 Å². The number of anilines is 1. The van der Waals surface area contributed by atoms with Gasteiger partial charge in [-0.05, 0) is 26.0 Å². The molecule has 0 bridgehead atoms. The molecule has 0 aliphatic heterocycles. The number of nitrogens with zero attached hydrogens (tertiary/aromatic N) is 4. The second-order valence-electron chi connectivity index (χ2n) is 4.80. The third kappa shape index (κ3) is 3.53. The summed E-state index contributed by atoms with van der Waals surface area (Å²) in [6, 6.07) is 0.929. The van der Waals surface area contributed by atoms with Crippen molar-refractivity contribution in [3.8, 4) is 11.3 Å². The Hall–Kier alpha value is -2.16. The van der Waals surface area contributed by atoms with Crippen LogP contribution >= 0.6 is 0 Å². The van der Waals surface area contributed by atoms with Gasteiger partial charge in [0, 0.05) is 24.8 Å². The van der Waals surface area contributed by atoms with Crippen molar-refractivity contribution in [3.05, 3.63) is 23.7 Å². The Bertz CT molecular complexity index is 650. The summed E-state index contributed by atoms with van der Waals surface area (Å²) in [5.74, 6) is -0.0680. The van der Waals surface area contributed by atoms with Gasteiger partial charge in [0.2, 0.25) is 5.95 Å². The number of nitrogens with one attached hydrogen (secondary N) is 1. The van der Waals surface area contributed by atoms with Crippen LogP contribution in [0.3, 0.4) is 0 Å². The fraction of sp³-hybridized carbons (Fsp3) is 0.462. The molecule has 2 rings (SSSR count). The fourth-order valence-corrected chi connectivity index (χ4v) is 1.86. The van der Waals surface area contributed by atoms with Crippen molar-refractivity contribution >= 4 is 5.95 Å². The lowest BCUT2D eigenvalue weighted by Crippen LogP contribution is -2.15. The van der Waals surface area contributed by atoms with Gasteiger partial charge < -0.3 is 11.1 Å². The topological polar surface area (TPSA) is 81.7 Å². The molecule has 22 heavy (non-hydrogen) atoms. The van der Waals surface area contributed by atoms with Gasteiger partial charge in [-0.1, -0.05) is 0 Å². The van der Waals surface area contributed by atoms with Crippen LogP contribution in [0.4, 0.5) is 19.1 Å². The highest BCUT2D eigenvalue weighted by atomic mass is 19.4. The average molecular weight is 314 g/mol. The van der Waals surface area contributed by atoms with E-state index in [1.807, 2.05) is 0 Å². The molecule has 0 atom stereocenters. The molecule has 6 nitrogen and oxygen atoms in total. The van der Waals surface area contributed by atoms with Crippen molar-refractivity contribution in [3.63, 3.8) is 0 Å². The number of rotatable bonds is 5. The zero-order valence-electron chi connectivity index (χ0n) is 12.3. The van der Waals surface area contributed by atoms with E-state index in [4.69, 9.17) is 5.73 Å². The molecular formula is C13H17F3N6. The van der Waals surface area contributed by atoms with Crippen LogP contribution in [0.15, 0.2) is 12.3 Å². The number of aromatic nitrogens is 4. The molecule has 0 fully saturated rings. The molecule has 0 amide bonds. The first-order valence-electron chi connectivity index (χ1n) is 6.72. The highest BCUT2D eigenvalue weighted by Crippen LogP contribution is 2.31. The zero-order chi connectivity index (χ0) is 16.3. The molecule has 0 spiro atoms. The minimum Gasteiger partial charge on any atom is -0.354 e. The predicted octanol–water partition coefficient (Wildman–Crippen LogP) is 1.97. The molecule has 0 radical (unpaired) electrons. The highest BCUT2D eigenvalue weighted by Gasteiger charge is 2.34. The van der Waals surface area contributed by atoms with Crippen molar-refractivity contribution in [2.45, 2.75) is 19.5 Å². The lowest BCUT2D eigenvalue weighted by atomic mass is 10.1. The van der Waals surface area contributed by atoms with Crippen LogP contribution in [-0.2, 0) is 13.2 Å². The number of hydrogen-bond donors (Lipinski definition) is 2. The summed E-state index contributed by atoms with van der Waals surface area (Å²) in [7, 11) is 1.71. The van der Waals surface area contributed by atoms with Crippen molar-refractivity contribution in [1.82, 2.24) is 19.7 Å². The van der Waals surface area contributed by atoms with Crippen molar-refractivity contribution in [1.29, 1.82) is 0 Å². The second kappa shape index (κ2) is 6.30. The molecule has 0 unspecified atom stereocenters. The maximum atomic E-state index is 13.0. The highest BCUT2D eigenvalue weighted by molar-refractivity contribution is 5.62. The summed E-state index contributed by atoms with van der Waals surface area (Å²) in [6.45, 7) is 2.60. The summed E-state index contributed by atoms with van der Waals surface area (Å²) in [5, 5.41) is 6.79. The summed E-state index contributed by atoms with van der Waals surface area (Å²) >= 11 is 0. The van der Waals surface area contributed by atoms with E-state index in [2.05, 4.69) is 20.4 Å². The van der Waals surface area contributed by atoms with Gasteiger partial charge in [-0.25, -0.2) is 9.97 Å². The maximum absolute atomic E-state index is 13.0. The van der Waals surface area contributed by atoms with E-state index in [1.165, 1.54) is 6.20 Å². The van der Waals surface area contributed by atoms with Gasteiger partial charge in [0.15, 0.2) is 5.69 Å². The van der Waals surface area contributed by atoms with Gasteiger partial charge >= 0.3 is 6.18 Å². The number of hydrogen-bond acceptors (Lipinski definition) is 5. The Balaban J connectivity index is 2.44. The first-order chi connectivity index (χ1) is 10.3. The third-order valence-electron chi connectivity index (χ3n) is 3.19. The normalized spacial score (nSPS) is 11.7. The number of alkyl halides is 3. The molecule has 0 aliphatic carbocycles. The number of aryl methyl sites for hydroxylation is 1. The van der Waals surface area contributed by atoms with E-state index in [0.29, 0.717) is 25.1 Å². The Kier molecular flexibility index (Phi) is 4.65. The largest absolute Gasteiger partial charge is 0.433 e. The third-order valence-corrected chi connectivity index (χ3v) is 3.19. The van der Waals surface area contributed by atoms with Crippen molar-refractivity contribution < 1.29 is 13.2 Å². The standard InChI is InChI=1S/C13H17F3N6/c1-8-9(7-19-22(8)2)10-6-11(13(14,15)16)21-12(20-10)18-5-3-4-17/h6-7H,3-5,17H2,1-2H3,(H,18,20,21). The van der Waals surface area contributed by atoms with Gasteiger partial charge in [-0.15, -0.1) is 0 Å². The Labute approximate surface area is 125 Å². The zero-order valence-corrected chi connectivity index (χ0v) is 12.3. The molecule has 3 N–H and O–H groups in total. The number of nitrogens with two attached hydrogens (primary N) is 1. The smallest absolute Gasteiger partial charge is 0.354 e. The summed E-state index contributed by atoms with van der Waals surface area (Å²) in [6.07, 6.45) is -2.44. The van der Waals surface area contributed by atoms with E-state index >= 15 is 0 Å². The number of halogens is 3. The van der Waals surface area contributed by atoms with Crippen molar-refractivity contribution in [2.24, 2.45) is 12.8 Å². The molecule has 0 saturated heterocycles. The first-order valence-corrected chi connectivity index (χ1v) is 6.72. The molecule has 120 valence electrons. The Morgan fingerprint density at radius 3 is 2.59 bits per heavy atom. The average Bonchev–Trinajstić information content (AvgIpc) is 2.78. The van der Waals surface area contributed by atoms with Crippen LogP contribution in [-0.4, -0.2) is 32.8 Å². The summed E-state index contributed by atoms with van der Waals surface area (Å²) in [4.78, 5) is 7.67. The van der Waals surface area contributed by atoms with Gasteiger partial charge in [-0.3, -0.25) is 4.68 Å². The molecule has 0 aromatic carbocycles. The van der Waals surface area contributed by atoms with Gasteiger partial charge in [0.05, 0.1) is 11.9 Å². The molecule has 2 aromatic heterocycles. The quantitative estimate of drug-likeness (QED) is 0.825. The molecule has 2 aromatic rings. The van der Waals surface area contributed by atoms with Crippen LogP contribution < -0.4 is 11.1 Å². The second-order valence-corrected chi connectivity index (χ2v) is 4.80. The van der Waals surface area contributed by atoms with Crippen LogP contribution in [0.5, 0.6) is 0 Å². The summed E-state index contributed by atoms with van der Waals surface area (Å²) in [5.41, 5.74) is 5.82. The lowest BCUT2D eigenvalue weighted by molar-refractivity contribution is -0.141. The Morgan fingerprint density at radius 1 is 1.32 bits per heavy atom.